The molecule has 1 aliphatic rings. The SMILES string of the molecule is CCOC(=O)C1=C(c2ccccc2)N=c2s/c(=C/c3ccc(-c4ccc([N+](=O)[O-])cc4C)o3)c(=O)n2[C@@H]1c1ccccc1OC(C)C. The van der Waals surface area contributed by atoms with Gasteiger partial charge >= 0.3 is 5.97 Å². The van der Waals surface area contributed by atoms with E-state index in [1.165, 1.54) is 28.0 Å². The first-order valence-electron chi connectivity index (χ1n) is 15.1. The van der Waals surface area contributed by atoms with Gasteiger partial charge in [-0.2, -0.15) is 0 Å². The highest BCUT2D eigenvalue weighted by molar-refractivity contribution is 7.07. The highest BCUT2D eigenvalue weighted by Gasteiger charge is 2.36. The van der Waals surface area contributed by atoms with Gasteiger partial charge in [0, 0.05) is 34.9 Å². The predicted octanol–water partition coefficient (Wildman–Crippen LogP) is 6.20. The van der Waals surface area contributed by atoms with Crippen LogP contribution in [0.1, 0.15) is 49.3 Å². The lowest BCUT2D eigenvalue weighted by atomic mass is 9.92. The number of nitrogens with zero attached hydrogens (tertiary/aromatic N) is 3. The third-order valence-electron chi connectivity index (χ3n) is 7.54. The van der Waals surface area contributed by atoms with E-state index >= 15 is 0 Å². The molecule has 0 amide bonds. The van der Waals surface area contributed by atoms with Crippen molar-refractivity contribution >= 4 is 34.8 Å². The smallest absolute Gasteiger partial charge is 0.338 e. The number of furan rings is 1. The second-order valence-electron chi connectivity index (χ2n) is 11.1. The number of rotatable bonds is 9. The summed E-state index contributed by atoms with van der Waals surface area (Å²) in [4.78, 5) is 44.1. The van der Waals surface area contributed by atoms with Gasteiger partial charge in [-0.1, -0.05) is 59.9 Å². The first-order valence-corrected chi connectivity index (χ1v) is 15.9. The molecule has 0 saturated carbocycles. The van der Waals surface area contributed by atoms with Crippen LogP contribution in [-0.2, 0) is 9.53 Å². The lowest BCUT2D eigenvalue weighted by Gasteiger charge is -2.27. The van der Waals surface area contributed by atoms with Crippen molar-refractivity contribution in [2.75, 3.05) is 6.61 Å². The number of carbonyl (C=O) groups is 1. The molecule has 1 atom stereocenters. The lowest BCUT2D eigenvalue weighted by molar-refractivity contribution is -0.384. The minimum Gasteiger partial charge on any atom is -0.491 e. The van der Waals surface area contributed by atoms with Crippen LogP contribution in [0, 0.1) is 17.0 Å². The number of nitro groups is 1. The van der Waals surface area contributed by atoms with Gasteiger partial charge in [0.05, 0.1) is 33.4 Å². The van der Waals surface area contributed by atoms with E-state index in [-0.39, 0.29) is 29.5 Å². The van der Waals surface area contributed by atoms with E-state index in [1.807, 2.05) is 68.4 Å². The van der Waals surface area contributed by atoms with Crippen LogP contribution in [0.2, 0.25) is 0 Å². The fraction of sp³-hybridized carbons (Fsp3) is 0.194. The van der Waals surface area contributed by atoms with Crippen LogP contribution < -0.4 is 19.6 Å². The molecule has 0 radical (unpaired) electrons. The van der Waals surface area contributed by atoms with Crippen molar-refractivity contribution in [2.24, 2.45) is 4.99 Å². The summed E-state index contributed by atoms with van der Waals surface area (Å²) in [5.41, 5.74) is 2.97. The first-order chi connectivity index (χ1) is 22.7. The first kappa shape index (κ1) is 31.4. The van der Waals surface area contributed by atoms with E-state index < -0.39 is 16.9 Å². The predicted molar refractivity (Wildman–Crippen MR) is 179 cm³/mol. The van der Waals surface area contributed by atoms with Gasteiger partial charge in [-0.05, 0) is 57.5 Å². The Balaban J connectivity index is 1.56. The standard InChI is InChI=1S/C36H31N3O7S/c1-5-44-35(41)31-32(23-11-7-6-8-12-23)37-36-38(33(31)27-13-9-10-14-28(27)45-21(2)3)34(40)30(47-36)20-25-16-18-29(46-25)26-17-15-24(39(42)43)19-22(26)4/h6-21,33H,5H2,1-4H3/b30-20+/t33-/m1/s1. The van der Waals surface area contributed by atoms with Crippen LogP contribution in [0.15, 0.2) is 105 Å². The van der Waals surface area contributed by atoms with Gasteiger partial charge in [0.25, 0.3) is 11.2 Å². The van der Waals surface area contributed by atoms with Crippen molar-refractivity contribution in [3.05, 3.63) is 143 Å². The van der Waals surface area contributed by atoms with Crippen molar-refractivity contribution in [1.29, 1.82) is 0 Å². The lowest BCUT2D eigenvalue weighted by Crippen LogP contribution is -2.40. The van der Waals surface area contributed by atoms with E-state index in [9.17, 15) is 19.7 Å². The molecule has 238 valence electrons. The summed E-state index contributed by atoms with van der Waals surface area (Å²) >= 11 is 1.18. The van der Waals surface area contributed by atoms with Crippen LogP contribution >= 0.6 is 11.3 Å². The number of aromatic nitrogens is 1. The number of esters is 1. The Morgan fingerprint density at radius 3 is 2.53 bits per heavy atom. The van der Waals surface area contributed by atoms with Crippen LogP contribution in [0.3, 0.4) is 0 Å². The Morgan fingerprint density at radius 1 is 1.09 bits per heavy atom. The maximum absolute atomic E-state index is 14.3. The second kappa shape index (κ2) is 13.1. The normalized spacial score (nSPS) is 14.6. The summed E-state index contributed by atoms with van der Waals surface area (Å²) in [6, 6.07) is 23.8. The van der Waals surface area contributed by atoms with Crippen LogP contribution in [-0.4, -0.2) is 28.2 Å². The number of ether oxygens (including phenoxy) is 2. The summed E-state index contributed by atoms with van der Waals surface area (Å²) in [5.74, 6) is 0.872. The molecule has 3 heterocycles. The molecule has 0 unspecified atom stereocenters. The maximum atomic E-state index is 14.3. The molecule has 3 aromatic carbocycles. The summed E-state index contributed by atoms with van der Waals surface area (Å²) in [6.07, 6.45) is 1.47. The number of aryl methyl sites for hydroxylation is 1. The molecule has 2 aromatic heterocycles. The number of hydrogen-bond donors (Lipinski definition) is 0. The minimum absolute atomic E-state index is 0.00822. The van der Waals surface area contributed by atoms with Crippen molar-refractivity contribution in [2.45, 2.75) is 39.8 Å². The average Bonchev–Trinajstić information content (AvgIpc) is 3.64. The Hall–Kier alpha value is -5.55. The highest BCUT2D eigenvalue weighted by atomic mass is 32.1. The van der Waals surface area contributed by atoms with Gasteiger partial charge in [0.2, 0.25) is 0 Å². The zero-order chi connectivity index (χ0) is 33.2. The molecule has 0 spiro atoms. The summed E-state index contributed by atoms with van der Waals surface area (Å²) in [6.45, 7) is 7.47. The molecule has 1 aliphatic heterocycles. The molecule has 47 heavy (non-hydrogen) atoms. The van der Waals surface area contributed by atoms with Crippen LogP contribution in [0.4, 0.5) is 5.69 Å². The number of non-ortho nitro benzene ring substituents is 1. The zero-order valence-corrected chi connectivity index (χ0v) is 26.9. The molecule has 6 rings (SSSR count). The Kier molecular flexibility index (Phi) is 8.73. The fourth-order valence-corrected chi connectivity index (χ4v) is 6.53. The van der Waals surface area contributed by atoms with E-state index in [4.69, 9.17) is 18.9 Å². The monoisotopic (exact) mass is 649 g/mol. The van der Waals surface area contributed by atoms with Crippen LogP contribution in [0.5, 0.6) is 5.75 Å². The molecule has 0 fully saturated rings. The molecule has 0 N–H and O–H groups in total. The van der Waals surface area contributed by atoms with Gasteiger partial charge in [0.1, 0.15) is 23.3 Å². The molecular weight excluding hydrogens is 618 g/mol. The van der Waals surface area contributed by atoms with E-state index in [0.29, 0.717) is 54.6 Å². The minimum atomic E-state index is -0.896. The quantitative estimate of drug-likeness (QED) is 0.106. The van der Waals surface area contributed by atoms with Crippen molar-refractivity contribution in [3.63, 3.8) is 0 Å². The number of thiazole rings is 1. The number of nitro benzene ring substituents is 1. The largest absolute Gasteiger partial charge is 0.491 e. The van der Waals surface area contributed by atoms with E-state index in [1.54, 1.807) is 38.1 Å². The summed E-state index contributed by atoms with van der Waals surface area (Å²) in [5, 5.41) is 11.2. The van der Waals surface area contributed by atoms with Crippen molar-refractivity contribution in [1.82, 2.24) is 4.57 Å². The number of carbonyl (C=O) groups excluding carboxylic acids is 1. The molecule has 10 nitrogen and oxygen atoms in total. The Bertz CT molecular complexity index is 2210. The zero-order valence-electron chi connectivity index (χ0n) is 26.1. The van der Waals surface area contributed by atoms with Gasteiger partial charge in [-0.15, -0.1) is 0 Å². The third kappa shape index (κ3) is 6.17. The summed E-state index contributed by atoms with van der Waals surface area (Å²) in [7, 11) is 0. The van der Waals surface area contributed by atoms with E-state index in [0.717, 1.165) is 0 Å². The third-order valence-corrected chi connectivity index (χ3v) is 8.52. The molecule has 0 aliphatic carbocycles. The summed E-state index contributed by atoms with van der Waals surface area (Å²) < 4.78 is 19.7. The molecular formula is C36H31N3O7S. The van der Waals surface area contributed by atoms with Gasteiger partial charge in [0.15, 0.2) is 4.80 Å². The second-order valence-corrected chi connectivity index (χ2v) is 12.1. The molecule has 5 aromatic rings. The highest BCUT2D eigenvalue weighted by Crippen LogP contribution is 2.39. The van der Waals surface area contributed by atoms with Gasteiger partial charge < -0.3 is 13.9 Å². The number of benzene rings is 3. The number of fused-ring (bicyclic) bond motifs is 1. The fourth-order valence-electron chi connectivity index (χ4n) is 5.54. The Labute approximate surface area is 273 Å². The number of para-hydroxylation sites is 1. The topological polar surface area (TPSA) is 126 Å². The van der Waals surface area contributed by atoms with Gasteiger partial charge in [-0.3, -0.25) is 19.5 Å². The van der Waals surface area contributed by atoms with E-state index in [2.05, 4.69) is 0 Å². The molecule has 11 heteroatoms. The molecule has 0 bridgehead atoms. The van der Waals surface area contributed by atoms with Crippen molar-refractivity contribution < 1.29 is 23.6 Å². The average molecular weight is 650 g/mol. The molecule has 0 saturated heterocycles. The van der Waals surface area contributed by atoms with Crippen LogP contribution in [0.25, 0.3) is 23.1 Å². The number of hydrogen-bond acceptors (Lipinski definition) is 9. The van der Waals surface area contributed by atoms with Crippen molar-refractivity contribution in [3.8, 4) is 17.1 Å². The maximum Gasteiger partial charge on any atom is 0.338 e. The van der Waals surface area contributed by atoms with Gasteiger partial charge in [-0.25, -0.2) is 9.79 Å². The Morgan fingerprint density at radius 2 is 1.83 bits per heavy atom.